The molecule has 0 aromatic carbocycles. The maximum absolute atomic E-state index is 12.0. The molecule has 0 bridgehead atoms. The van der Waals surface area contributed by atoms with Crippen LogP contribution < -0.4 is 11.1 Å². The standard InChI is InChI=1S/C12H15N3O6/c13-10(16)8-6-20-4-3-15(8)12(19)14-5-7-1-2-9(21-7)11(17)18/h1-2,8H,3-6H2,(H2,13,16)(H,14,19)(H,17,18). The molecule has 114 valence electrons. The highest BCUT2D eigenvalue weighted by Gasteiger charge is 2.31. The number of urea groups is 1. The van der Waals surface area contributed by atoms with Crippen LogP contribution in [0.1, 0.15) is 16.3 Å². The number of hydrogen-bond donors (Lipinski definition) is 3. The fourth-order valence-electron chi connectivity index (χ4n) is 1.93. The fourth-order valence-corrected chi connectivity index (χ4v) is 1.93. The number of carbonyl (C=O) groups is 3. The Morgan fingerprint density at radius 3 is 2.81 bits per heavy atom. The number of primary amides is 1. The van der Waals surface area contributed by atoms with E-state index in [0.29, 0.717) is 12.4 Å². The molecule has 1 fully saturated rings. The second kappa shape index (κ2) is 6.27. The summed E-state index contributed by atoms with van der Waals surface area (Å²) in [6.07, 6.45) is 0. The number of furan rings is 1. The highest BCUT2D eigenvalue weighted by Crippen LogP contribution is 2.09. The van der Waals surface area contributed by atoms with Crippen molar-refractivity contribution in [3.05, 3.63) is 23.7 Å². The molecule has 0 saturated carbocycles. The Balaban J connectivity index is 1.93. The minimum absolute atomic E-state index is 0.00888. The minimum Gasteiger partial charge on any atom is -0.475 e. The summed E-state index contributed by atoms with van der Waals surface area (Å²) in [6.45, 7) is 0.640. The minimum atomic E-state index is -1.19. The first-order valence-electron chi connectivity index (χ1n) is 6.22. The van der Waals surface area contributed by atoms with E-state index in [1.807, 2.05) is 0 Å². The summed E-state index contributed by atoms with van der Waals surface area (Å²) in [5.41, 5.74) is 5.21. The van der Waals surface area contributed by atoms with Gasteiger partial charge in [0.25, 0.3) is 0 Å². The maximum Gasteiger partial charge on any atom is 0.371 e. The van der Waals surface area contributed by atoms with Gasteiger partial charge in [0.2, 0.25) is 11.7 Å². The van der Waals surface area contributed by atoms with Crippen molar-refractivity contribution in [2.24, 2.45) is 5.73 Å². The largest absolute Gasteiger partial charge is 0.475 e. The van der Waals surface area contributed by atoms with E-state index in [2.05, 4.69) is 5.32 Å². The summed E-state index contributed by atoms with van der Waals surface area (Å²) in [6, 6.07) is 1.44. The molecule has 1 unspecified atom stereocenters. The number of carbonyl (C=O) groups excluding carboxylic acids is 2. The summed E-state index contributed by atoms with van der Waals surface area (Å²) in [5.74, 6) is -1.74. The van der Waals surface area contributed by atoms with Crippen LogP contribution in [0.3, 0.4) is 0 Å². The average molecular weight is 297 g/mol. The predicted octanol–water partition coefficient (Wildman–Crippen LogP) is -0.626. The molecule has 1 aromatic heterocycles. The first kappa shape index (κ1) is 14.9. The summed E-state index contributed by atoms with van der Waals surface area (Å²) in [5, 5.41) is 11.3. The maximum atomic E-state index is 12.0. The lowest BCUT2D eigenvalue weighted by atomic mass is 10.2. The zero-order valence-electron chi connectivity index (χ0n) is 11.1. The molecule has 0 spiro atoms. The molecular formula is C12H15N3O6. The van der Waals surface area contributed by atoms with E-state index in [0.717, 1.165) is 0 Å². The van der Waals surface area contributed by atoms with Gasteiger partial charge in [-0.15, -0.1) is 0 Å². The van der Waals surface area contributed by atoms with Gasteiger partial charge in [0.05, 0.1) is 19.8 Å². The normalized spacial score (nSPS) is 18.3. The molecule has 21 heavy (non-hydrogen) atoms. The second-order valence-corrected chi connectivity index (χ2v) is 4.42. The van der Waals surface area contributed by atoms with E-state index in [9.17, 15) is 14.4 Å². The van der Waals surface area contributed by atoms with Crippen LogP contribution in [0.4, 0.5) is 4.79 Å². The third-order valence-electron chi connectivity index (χ3n) is 3.00. The molecule has 2 heterocycles. The number of nitrogens with one attached hydrogen (secondary N) is 1. The van der Waals surface area contributed by atoms with Crippen LogP contribution in [0.5, 0.6) is 0 Å². The van der Waals surface area contributed by atoms with E-state index >= 15 is 0 Å². The van der Waals surface area contributed by atoms with E-state index < -0.39 is 23.9 Å². The van der Waals surface area contributed by atoms with Crippen LogP contribution in [0.2, 0.25) is 0 Å². The first-order valence-corrected chi connectivity index (χ1v) is 6.22. The van der Waals surface area contributed by atoms with Crippen molar-refractivity contribution < 1.29 is 28.6 Å². The Bertz CT molecular complexity index is 555. The summed E-state index contributed by atoms with van der Waals surface area (Å²) in [4.78, 5) is 35.2. The number of hydrogen-bond acceptors (Lipinski definition) is 5. The molecular weight excluding hydrogens is 282 g/mol. The van der Waals surface area contributed by atoms with Crippen LogP contribution in [0, 0.1) is 0 Å². The number of nitrogens with zero attached hydrogens (tertiary/aromatic N) is 1. The SMILES string of the molecule is NC(=O)C1COCCN1C(=O)NCc1ccc(C(=O)O)o1. The Kier molecular flexibility index (Phi) is 4.43. The topological polar surface area (TPSA) is 135 Å². The van der Waals surface area contributed by atoms with Crippen LogP contribution in [0.15, 0.2) is 16.5 Å². The number of ether oxygens (including phenoxy) is 1. The molecule has 0 radical (unpaired) electrons. The third-order valence-corrected chi connectivity index (χ3v) is 3.00. The predicted molar refractivity (Wildman–Crippen MR) is 68.4 cm³/mol. The molecule has 4 N–H and O–H groups in total. The Morgan fingerprint density at radius 2 is 2.19 bits per heavy atom. The summed E-state index contributed by atoms with van der Waals surface area (Å²) in [7, 11) is 0. The zero-order chi connectivity index (χ0) is 15.4. The van der Waals surface area contributed by atoms with E-state index in [1.54, 1.807) is 0 Å². The van der Waals surface area contributed by atoms with Gasteiger partial charge in [-0.25, -0.2) is 9.59 Å². The van der Waals surface area contributed by atoms with Crippen LogP contribution >= 0.6 is 0 Å². The Labute approximate surface area is 119 Å². The molecule has 9 nitrogen and oxygen atoms in total. The van der Waals surface area contributed by atoms with E-state index in [4.69, 9.17) is 20.0 Å². The second-order valence-electron chi connectivity index (χ2n) is 4.42. The quantitative estimate of drug-likeness (QED) is 0.677. The highest BCUT2D eigenvalue weighted by molar-refractivity contribution is 5.86. The fraction of sp³-hybridized carbons (Fsp3) is 0.417. The van der Waals surface area contributed by atoms with Gasteiger partial charge in [-0.3, -0.25) is 4.79 Å². The lowest BCUT2D eigenvalue weighted by Crippen LogP contribution is -2.57. The monoisotopic (exact) mass is 297 g/mol. The summed E-state index contributed by atoms with van der Waals surface area (Å²) >= 11 is 0. The van der Waals surface area contributed by atoms with Gasteiger partial charge in [0.15, 0.2) is 0 Å². The van der Waals surface area contributed by atoms with Gasteiger partial charge in [0, 0.05) is 6.54 Å². The summed E-state index contributed by atoms with van der Waals surface area (Å²) < 4.78 is 10.1. The van der Waals surface area contributed by atoms with Crippen LogP contribution in [-0.2, 0) is 16.1 Å². The lowest BCUT2D eigenvalue weighted by molar-refractivity contribution is -0.127. The van der Waals surface area contributed by atoms with Crippen molar-refractivity contribution in [2.75, 3.05) is 19.8 Å². The Morgan fingerprint density at radius 1 is 1.43 bits per heavy atom. The number of carboxylic acids is 1. The van der Waals surface area contributed by atoms with Crippen molar-refractivity contribution in [1.82, 2.24) is 10.2 Å². The zero-order valence-corrected chi connectivity index (χ0v) is 11.1. The number of rotatable bonds is 4. The smallest absolute Gasteiger partial charge is 0.371 e. The molecule has 3 amide bonds. The Hall–Kier alpha value is -2.55. The molecule has 1 aromatic rings. The molecule has 2 rings (SSSR count). The average Bonchev–Trinajstić information content (AvgIpc) is 2.94. The van der Waals surface area contributed by atoms with Crippen molar-refractivity contribution in [2.45, 2.75) is 12.6 Å². The third kappa shape index (κ3) is 3.51. The van der Waals surface area contributed by atoms with E-state index in [1.165, 1.54) is 17.0 Å². The molecule has 0 aliphatic carbocycles. The van der Waals surface area contributed by atoms with Gasteiger partial charge >= 0.3 is 12.0 Å². The van der Waals surface area contributed by atoms with Gasteiger partial charge in [0.1, 0.15) is 11.8 Å². The van der Waals surface area contributed by atoms with Crippen molar-refractivity contribution in [3.8, 4) is 0 Å². The number of nitrogens with two attached hydrogens (primary N) is 1. The highest BCUT2D eigenvalue weighted by atomic mass is 16.5. The lowest BCUT2D eigenvalue weighted by Gasteiger charge is -2.33. The van der Waals surface area contributed by atoms with Gasteiger partial charge in [-0.2, -0.15) is 0 Å². The van der Waals surface area contributed by atoms with Crippen LogP contribution in [0.25, 0.3) is 0 Å². The number of morpholine rings is 1. The van der Waals surface area contributed by atoms with Gasteiger partial charge in [-0.05, 0) is 12.1 Å². The number of aromatic carboxylic acids is 1. The van der Waals surface area contributed by atoms with Crippen molar-refractivity contribution >= 4 is 17.9 Å². The number of amides is 3. The van der Waals surface area contributed by atoms with Gasteiger partial charge in [-0.1, -0.05) is 0 Å². The molecule has 9 heteroatoms. The van der Waals surface area contributed by atoms with Crippen molar-refractivity contribution in [1.29, 1.82) is 0 Å². The molecule has 1 atom stereocenters. The molecule has 1 aliphatic heterocycles. The first-order chi connectivity index (χ1) is 9.99. The number of carboxylic acid groups (broad SMARTS) is 1. The molecule has 1 saturated heterocycles. The molecule has 1 aliphatic rings. The van der Waals surface area contributed by atoms with E-state index in [-0.39, 0.29) is 25.5 Å². The van der Waals surface area contributed by atoms with Crippen molar-refractivity contribution in [3.63, 3.8) is 0 Å². The van der Waals surface area contributed by atoms with Crippen LogP contribution in [-0.4, -0.2) is 53.7 Å². The van der Waals surface area contributed by atoms with Gasteiger partial charge < -0.3 is 30.2 Å².